The summed E-state index contributed by atoms with van der Waals surface area (Å²) in [6.45, 7) is 0. The lowest BCUT2D eigenvalue weighted by Crippen LogP contribution is -2.29. The summed E-state index contributed by atoms with van der Waals surface area (Å²) in [5.74, 6) is -1.56. The second kappa shape index (κ2) is 5.96. The number of rotatable bonds is 4. The molecule has 0 saturated heterocycles. The molecule has 1 N–H and O–H groups in total. The number of carbonyl (C=O) groups is 2. The molecule has 124 valence electrons. The quantitative estimate of drug-likeness (QED) is 0.668. The Bertz CT molecular complexity index is 962. The van der Waals surface area contributed by atoms with Crippen LogP contribution >= 0.6 is 0 Å². The Hall–Kier alpha value is -3.88. The molecular weight excluding hydrogens is 330 g/mol. The van der Waals surface area contributed by atoms with E-state index in [9.17, 15) is 29.8 Å². The fourth-order valence-electron chi connectivity index (χ4n) is 2.46. The average molecular weight is 339 g/mol. The molecule has 2 aromatic carbocycles. The van der Waals surface area contributed by atoms with Gasteiger partial charge in [0.05, 0.1) is 9.85 Å². The minimum absolute atomic E-state index is 0.0338. The number of Topliss-reactive ketones (excluding diaryl/α,β-unsaturated/α-hetero) is 2. The van der Waals surface area contributed by atoms with Crippen LogP contribution in [0.1, 0.15) is 20.7 Å². The molecule has 0 heterocycles. The molecule has 0 saturated carbocycles. The van der Waals surface area contributed by atoms with Crippen molar-refractivity contribution < 1.29 is 19.4 Å². The van der Waals surface area contributed by atoms with Crippen molar-refractivity contribution in [3.05, 3.63) is 91.3 Å². The Morgan fingerprint density at radius 3 is 1.84 bits per heavy atom. The fraction of sp³-hybridized carbons (Fsp3) is 0. The fourth-order valence-corrected chi connectivity index (χ4v) is 2.46. The third-order valence-electron chi connectivity index (χ3n) is 3.63. The molecule has 1 aliphatic rings. The molecule has 0 radical (unpaired) electrons. The number of nitro groups is 2. The van der Waals surface area contributed by atoms with Crippen molar-refractivity contribution in [2.45, 2.75) is 0 Å². The first-order chi connectivity index (χ1) is 11.9. The zero-order chi connectivity index (χ0) is 18.1. The van der Waals surface area contributed by atoms with Crippen molar-refractivity contribution in [3.63, 3.8) is 0 Å². The Labute approximate surface area is 139 Å². The van der Waals surface area contributed by atoms with Gasteiger partial charge in [-0.1, -0.05) is 24.3 Å². The van der Waals surface area contributed by atoms with Gasteiger partial charge in [-0.15, -0.1) is 0 Å². The van der Waals surface area contributed by atoms with Gasteiger partial charge in [-0.2, -0.15) is 0 Å². The van der Waals surface area contributed by atoms with Crippen molar-refractivity contribution in [3.8, 4) is 0 Å². The number of allylic oxidation sites excluding steroid dienone is 2. The Morgan fingerprint density at radius 1 is 0.760 bits per heavy atom. The number of nitrogens with zero attached hydrogens (tertiary/aromatic N) is 2. The minimum Gasteiger partial charge on any atom is -0.347 e. The lowest BCUT2D eigenvalue weighted by atomic mass is 9.90. The zero-order valence-electron chi connectivity index (χ0n) is 12.5. The molecule has 0 bridgehead atoms. The largest absolute Gasteiger partial charge is 0.347 e. The third-order valence-corrected chi connectivity index (χ3v) is 3.63. The second-order valence-electron chi connectivity index (χ2n) is 5.11. The number of benzene rings is 2. The third kappa shape index (κ3) is 2.74. The number of ketones is 2. The number of carbonyl (C=O) groups excluding carboxylic acids is 2. The van der Waals surface area contributed by atoms with Gasteiger partial charge in [0.2, 0.25) is 5.78 Å². The van der Waals surface area contributed by atoms with Crippen molar-refractivity contribution in [1.29, 1.82) is 0 Å². The molecule has 0 unspecified atom stereocenters. The van der Waals surface area contributed by atoms with E-state index >= 15 is 0 Å². The molecule has 0 fully saturated rings. The first kappa shape index (κ1) is 16.0. The molecule has 0 atom stereocenters. The van der Waals surface area contributed by atoms with Crippen molar-refractivity contribution >= 4 is 22.9 Å². The Kier molecular flexibility index (Phi) is 3.82. The number of anilines is 1. The number of nitrogens with one attached hydrogen (secondary N) is 1. The van der Waals surface area contributed by atoms with E-state index in [1.165, 1.54) is 42.5 Å². The van der Waals surface area contributed by atoms with E-state index in [0.29, 0.717) is 0 Å². The van der Waals surface area contributed by atoms with Crippen LogP contribution in [0.5, 0.6) is 0 Å². The number of nitro benzene ring substituents is 1. The highest BCUT2D eigenvalue weighted by atomic mass is 16.6. The average Bonchev–Trinajstić information content (AvgIpc) is 2.59. The molecule has 1 aliphatic carbocycles. The van der Waals surface area contributed by atoms with Gasteiger partial charge in [0, 0.05) is 28.9 Å². The molecule has 3 rings (SSSR count). The highest BCUT2D eigenvalue weighted by Crippen LogP contribution is 2.28. The Morgan fingerprint density at radius 2 is 1.32 bits per heavy atom. The predicted octanol–water partition coefficient (Wildman–Crippen LogP) is 2.57. The van der Waals surface area contributed by atoms with Crippen LogP contribution in [-0.4, -0.2) is 21.4 Å². The molecule has 0 spiro atoms. The summed E-state index contributed by atoms with van der Waals surface area (Å²) in [5.41, 5.74) is -1.27. The minimum atomic E-state index is -0.913. The van der Waals surface area contributed by atoms with Crippen LogP contribution in [0.15, 0.2) is 59.9 Å². The molecule has 0 amide bonds. The van der Waals surface area contributed by atoms with Gasteiger partial charge in [0.15, 0.2) is 5.70 Å². The van der Waals surface area contributed by atoms with Crippen LogP contribution in [0, 0.1) is 20.2 Å². The van der Waals surface area contributed by atoms with Crippen LogP contribution in [-0.2, 0) is 0 Å². The lowest BCUT2D eigenvalue weighted by Gasteiger charge is -2.17. The molecular formula is C16H9N3O6. The van der Waals surface area contributed by atoms with E-state index < -0.39 is 32.8 Å². The monoisotopic (exact) mass is 339 g/mol. The van der Waals surface area contributed by atoms with Gasteiger partial charge >= 0.3 is 5.70 Å². The molecule has 0 aromatic heterocycles. The predicted molar refractivity (Wildman–Crippen MR) is 85.8 cm³/mol. The van der Waals surface area contributed by atoms with E-state index in [4.69, 9.17) is 0 Å². The summed E-state index contributed by atoms with van der Waals surface area (Å²) in [4.78, 5) is 45.4. The van der Waals surface area contributed by atoms with Gasteiger partial charge in [-0.25, -0.2) is 0 Å². The zero-order valence-corrected chi connectivity index (χ0v) is 12.5. The van der Waals surface area contributed by atoms with Crippen LogP contribution in [0.4, 0.5) is 11.4 Å². The summed E-state index contributed by atoms with van der Waals surface area (Å²) in [6.07, 6.45) is 0. The standard InChI is InChI=1S/C16H9N3O6/c20-15-11-3-1-2-4-12(11)16(21)14(19(24)25)13(15)17-9-5-7-10(8-6-9)18(22)23/h1-8,17H. The lowest BCUT2D eigenvalue weighted by molar-refractivity contribution is -0.417. The van der Waals surface area contributed by atoms with Crippen molar-refractivity contribution in [2.75, 3.05) is 5.32 Å². The molecule has 2 aromatic rings. The van der Waals surface area contributed by atoms with Crippen molar-refractivity contribution in [2.24, 2.45) is 0 Å². The topological polar surface area (TPSA) is 132 Å². The highest BCUT2D eigenvalue weighted by Gasteiger charge is 2.40. The summed E-state index contributed by atoms with van der Waals surface area (Å²) < 4.78 is 0. The van der Waals surface area contributed by atoms with Gasteiger partial charge in [-0.05, 0) is 12.1 Å². The SMILES string of the molecule is O=C1C(Nc2ccc([N+](=O)[O-])cc2)=C([N+](=O)[O-])C(=O)c2ccccc21. The summed E-state index contributed by atoms with van der Waals surface area (Å²) in [6, 6.07) is 10.8. The number of fused-ring (bicyclic) bond motifs is 1. The van der Waals surface area contributed by atoms with Gasteiger partial charge in [-0.3, -0.25) is 29.8 Å². The maximum atomic E-state index is 12.6. The molecule has 9 nitrogen and oxygen atoms in total. The smallest absolute Gasteiger partial charge is 0.344 e. The van der Waals surface area contributed by atoms with Gasteiger partial charge < -0.3 is 5.32 Å². The highest BCUT2D eigenvalue weighted by molar-refractivity contribution is 6.26. The van der Waals surface area contributed by atoms with Crippen molar-refractivity contribution in [1.82, 2.24) is 0 Å². The second-order valence-corrected chi connectivity index (χ2v) is 5.11. The molecule has 9 heteroatoms. The summed E-state index contributed by atoms with van der Waals surface area (Å²) in [7, 11) is 0. The maximum Gasteiger partial charge on any atom is 0.344 e. The van der Waals surface area contributed by atoms with Gasteiger partial charge in [0.1, 0.15) is 0 Å². The first-order valence-electron chi connectivity index (χ1n) is 6.98. The number of hydrogen-bond donors (Lipinski definition) is 1. The molecule has 25 heavy (non-hydrogen) atoms. The Balaban J connectivity index is 2.06. The number of non-ortho nitro benzene ring substituents is 1. The van der Waals surface area contributed by atoms with E-state index in [2.05, 4.69) is 5.32 Å². The number of hydrogen-bond acceptors (Lipinski definition) is 7. The summed E-state index contributed by atoms with van der Waals surface area (Å²) in [5, 5.41) is 24.5. The van der Waals surface area contributed by atoms with E-state index in [1.54, 1.807) is 6.07 Å². The maximum absolute atomic E-state index is 12.6. The first-order valence-corrected chi connectivity index (χ1v) is 6.98. The van der Waals surface area contributed by atoms with Crippen LogP contribution in [0.2, 0.25) is 0 Å². The van der Waals surface area contributed by atoms with Gasteiger partial charge in [0.25, 0.3) is 11.5 Å². The van der Waals surface area contributed by atoms with E-state index in [0.717, 1.165) is 0 Å². The normalized spacial score (nSPS) is 13.4. The molecule has 0 aliphatic heterocycles. The van der Waals surface area contributed by atoms with Crippen LogP contribution in [0.25, 0.3) is 0 Å². The summed E-state index contributed by atoms with van der Waals surface area (Å²) >= 11 is 0. The van der Waals surface area contributed by atoms with E-state index in [1.807, 2.05) is 0 Å². The van der Waals surface area contributed by atoms with E-state index in [-0.39, 0.29) is 22.5 Å². The van der Waals surface area contributed by atoms with Crippen LogP contribution in [0.3, 0.4) is 0 Å². The van der Waals surface area contributed by atoms with Crippen LogP contribution < -0.4 is 5.32 Å².